The largest absolute Gasteiger partial charge is 0.299 e. The zero-order valence-electron chi connectivity index (χ0n) is 8.82. The van der Waals surface area contributed by atoms with Gasteiger partial charge in [0.2, 0.25) is 0 Å². The molecule has 1 heteroatoms. The molecule has 0 atom stereocenters. The number of hydrogen-bond acceptors (Lipinski definition) is 1. The number of benzene rings is 2. The molecule has 1 saturated heterocycles. The molecular weight excluding hydrogens is 182 g/mol. The molecule has 76 valence electrons. The summed E-state index contributed by atoms with van der Waals surface area (Å²) >= 11 is 0. The molecule has 2 aromatic rings. The van der Waals surface area contributed by atoms with Gasteiger partial charge < -0.3 is 0 Å². The second-order valence-electron chi connectivity index (χ2n) is 4.27. The summed E-state index contributed by atoms with van der Waals surface area (Å²) in [6, 6.07) is 15.3. The Kier molecular flexibility index (Phi) is 2.18. The fourth-order valence-corrected chi connectivity index (χ4v) is 2.21. The van der Waals surface area contributed by atoms with Crippen molar-refractivity contribution in [3.63, 3.8) is 0 Å². The smallest absolute Gasteiger partial charge is 0.0239 e. The lowest BCUT2D eigenvalue weighted by molar-refractivity contribution is 0.173. The molecule has 0 amide bonds. The topological polar surface area (TPSA) is 3.24 Å². The number of hydrogen-bond donors (Lipinski definition) is 0. The number of rotatable bonds is 2. The van der Waals surface area contributed by atoms with Crippen LogP contribution in [0.15, 0.2) is 42.5 Å². The van der Waals surface area contributed by atoms with Gasteiger partial charge in [-0.05, 0) is 35.8 Å². The Morgan fingerprint density at radius 3 is 2.53 bits per heavy atom. The van der Waals surface area contributed by atoms with Crippen LogP contribution in [0.4, 0.5) is 0 Å². The van der Waals surface area contributed by atoms with E-state index in [2.05, 4.69) is 47.4 Å². The van der Waals surface area contributed by atoms with Crippen LogP contribution < -0.4 is 0 Å². The summed E-state index contributed by atoms with van der Waals surface area (Å²) in [5.41, 5.74) is 1.47. The van der Waals surface area contributed by atoms with E-state index in [1.807, 2.05) is 0 Å². The Morgan fingerprint density at radius 2 is 1.73 bits per heavy atom. The average Bonchev–Trinajstić information content (AvgIpc) is 2.23. The highest BCUT2D eigenvalue weighted by molar-refractivity contribution is 5.85. The molecule has 0 unspecified atom stereocenters. The molecule has 2 aromatic carbocycles. The van der Waals surface area contributed by atoms with E-state index in [9.17, 15) is 0 Å². The zero-order chi connectivity index (χ0) is 10.1. The third-order valence-corrected chi connectivity index (χ3v) is 3.22. The summed E-state index contributed by atoms with van der Waals surface area (Å²) < 4.78 is 0. The van der Waals surface area contributed by atoms with E-state index in [4.69, 9.17) is 0 Å². The van der Waals surface area contributed by atoms with Crippen molar-refractivity contribution in [3.05, 3.63) is 48.0 Å². The Morgan fingerprint density at radius 1 is 0.933 bits per heavy atom. The minimum Gasteiger partial charge on any atom is -0.299 e. The van der Waals surface area contributed by atoms with Crippen LogP contribution in [0.2, 0.25) is 0 Å². The second-order valence-corrected chi connectivity index (χ2v) is 4.27. The third-order valence-electron chi connectivity index (χ3n) is 3.22. The van der Waals surface area contributed by atoms with Crippen LogP contribution in [-0.2, 0) is 6.54 Å². The SMILES string of the molecule is c1ccc2c(CN3CCC3)cccc2c1. The summed E-state index contributed by atoms with van der Waals surface area (Å²) in [6.45, 7) is 3.65. The second kappa shape index (κ2) is 3.67. The van der Waals surface area contributed by atoms with Crippen molar-refractivity contribution in [1.82, 2.24) is 4.90 Å². The van der Waals surface area contributed by atoms with Gasteiger partial charge in [-0.2, -0.15) is 0 Å². The predicted molar refractivity (Wildman–Crippen MR) is 63.8 cm³/mol. The normalized spacial score (nSPS) is 16.5. The molecule has 0 aliphatic carbocycles. The molecule has 1 nitrogen and oxygen atoms in total. The Bertz CT molecular complexity index is 466. The summed E-state index contributed by atoms with van der Waals surface area (Å²) in [7, 11) is 0. The van der Waals surface area contributed by atoms with E-state index < -0.39 is 0 Å². The van der Waals surface area contributed by atoms with E-state index in [1.54, 1.807) is 0 Å². The van der Waals surface area contributed by atoms with Crippen LogP contribution in [0.25, 0.3) is 10.8 Å². The summed E-state index contributed by atoms with van der Waals surface area (Å²) in [5, 5.41) is 2.77. The molecular formula is C14H15N. The van der Waals surface area contributed by atoms with Crippen LogP contribution in [0, 0.1) is 0 Å². The molecule has 0 radical (unpaired) electrons. The fraction of sp³-hybridized carbons (Fsp3) is 0.286. The van der Waals surface area contributed by atoms with Crippen molar-refractivity contribution in [3.8, 4) is 0 Å². The highest BCUT2D eigenvalue weighted by atomic mass is 15.2. The molecule has 0 spiro atoms. The highest BCUT2D eigenvalue weighted by Crippen LogP contribution is 2.21. The molecule has 1 aliphatic rings. The number of likely N-dealkylation sites (tertiary alicyclic amines) is 1. The predicted octanol–water partition coefficient (Wildman–Crippen LogP) is 3.05. The van der Waals surface area contributed by atoms with E-state index in [0.29, 0.717) is 0 Å². The minimum atomic E-state index is 1.11. The quantitative estimate of drug-likeness (QED) is 0.715. The van der Waals surface area contributed by atoms with Gasteiger partial charge in [-0.25, -0.2) is 0 Å². The summed E-state index contributed by atoms with van der Waals surface area (Å²) in [5.74, 6) is 0. The van der Waals surface area contributed by atoms with Crippen molar-refractivity contribution in [1.29, 1.82) is 0 Å². The monoisotopic (exact) mass is 197 g/mol. The molecule has 1 aliphatic heterocycles. The molecule has 1 heterocycles. The Labute approximate surface area is 90.3 Å². The van der Waals surface area contributed by atoms with Crippen LogP contribution in [0.5, 0.6) is 0 Å². The molecule has 0 bridgehead atoms. The lowest BCUT2D eigenvalue weighted by Crippen LogP contribution is -2.36. The third kappa shape index (κ3) is 1.64. The van der Waals surface area contributed by atoms with Crippen molar-refractivity contribution >= 4 is 10.8 Å². The molecule has 0 saturated carbocycles. The Balaban J connectivity index is 2.01. The minimum absolute atomic E-state index is 1.11. The fourth-order valence-electron chi connectivity index (χ4n) is 2.21. The van der Waals surface area contributed by atoms with E-state index >= 15 is 0 Å². The Hall–Kier alpha value is -1.34. The first-order valence-electron chi connectivity index (χ1n) is 5.62. The molecule has 0 aromatic heterocycles. The van der Waals surface area contributed by atoms with Gasteiger partial charge in [0, 0.05) is 6.54 Å². The lowest BCUT2D eigenvalue weighted by atomic mass is 10.0. The van der Waals surface area contributed by atoms with Crippen molar-refractivity contribution < 1.29 is 0 Å². The van der Waals surface area contributed by atoms with E-state index in [1.165, 1.54) is 35.8 Å². The van der Waals surface area contributed by atoms with Crippen LogP contribution in [0.3, 0.4) is 0 Å². The molecule has 0 N–H and O–H groups in total. The van der Waals surface area contributed by atoms with Crippen molar-refractivity contribution in [2.75, 3.05) is 13.1 Å². The van der Waals surface area contributed by atoms with Gasteiger partial charge in [0.25, 0.3) is 0 Å². The zero-order valence-corrected chi connectivity index (χ0v) is 8.82. The molecule has 15 heavy (non-hydrogen) atoms. The molecule has 3 rings (SSSR count). The highest BCUT2D eigenvalue weighted by Gasteiger charge is 2.14. The van der Waals surface area contributed by atoms with Gasteiger partial charge in [0.05, 0.1) is 0 Å². The van der Waals surface area contributed by atoms with Crippen molar-refractivity contribution in [2.45, 2.75) is 13.0 Å². The van der Waals surface area contributed by atoms with E-state index in [-0.39, 0.29) is 0 Å². The van der Waals surface area contributed by atoms with E-state index in [0.717, 1.165) is 6.54 Å². The summed E-state index contributed by atoms with van der Waals surface area (Å²) in [6.07, 6.45) is 1.37. The van der Waals surface area contributed by atoms with Gasteiger partial charge in [-0.15, -0.1) is 0 Å². The lowest BCUT2D eigenvalue weighted by Gasteiger charge is -2.31. The maximum absolute atomic E-state index is 2.50. The van der Waals surface area contributed by atoms with Gasteiger partial charge in [-0.3, -0.25) is 4.90 Å². The van der Waals surface area contributed by atoms with Crippen molar-refractivity contribution in [2.24, 2.45) is 0 Å². The molecule has 1 fully saturated rings. The van der Waals surface area contributed by atoms with Crippen LogP contribution >= 0.6 is 0 Å². The summed E-state index contributed by atoms with van der Waals surface area (Å²) in [4.78, 5) is 2.50. The van der Waals surface area contributed by atoms with Gasteiger partial charge >= 0.3 is 0 Å². The average molecular weight is 197 g/mol. The first-order chi connectivity index (χ1) is 7.43. The van der Waals surface area contributed by atoms with Gasteiger partial charge in [0.15, 0.2) is 0 Å². The number of fused-ring (bicyclic) bond motifs is 1. The maximum Gasteiger partial charge on any atom is 0.0239 e. The van der Waals surface area contributed by atoms with Crippen LogP contribution in [0.1, 0.15) is 12.0 Å². The standard InChI is InChI=1S/C14H15N/c1-2-8-14-12(5-1)6-3-7-13(14)11-15-9-4-10-15/h1-3,5-8H,4,9-11H2. The van der Waals surface area contributed by atoms with Crippen LogP contribution in [-0.4, -0.2) is 18.0 Å². The number of nitrogens with zero attached hydrogens (tertiary/aromatic N) is 1. The maximum atomic E-state index is 2.50. The van der Waals surface area contributed by atoms with Gasteiger partial charge in [-0.1, -0.05) is 42.5 Å². The first kappa shape index (κ1) is 8.93. The first-order valence-corrected chi connectivity index (χ1v) is 5.62. The van der Waals surface area contributed by atoms with Gasteiger partial charge in [0.1, 0.15) is 0 Å².